The van der Waals surface area contributed by atoms with Crippen molar-refractivity contribution in [1.29, 1.82) is 0 Å². The monoisotopic (exact) mass is 297 g/mol. The van der Waals surface area contributed by atoms with Gasteiger partial charge in [0.2, 0.25) is 15.9 Å². The van der Waals surface area contributed by atoms with Gasteiger partial charge in [0, 0.05) is 32.6 Å². The molecule has 1 heterocycles. The minimum Gasteiger partial charge on any atom is -0.352 e. The molecule has 7 heteroatoms. The molecule has 1 unspecified atom stereocenters. The van der Waals surface area contributed by atoms with Crippen LogP contribution in [-0.4, -0.2) is 37.8 Å². The molecular weight excluding hydrogens is 278 g/mol. The Morgan fingerprint density at radius 1 is 1.50 bits per heavy atom. The number of amides is 1. The van der Waals surface area contributed by atoms with Crippen LogP contribution in [0.3, 0.4) is 0 Å². The largest absolute Gasteiger partial charge is 0.352 e. The van der Waals surface area contributed by atoms with Gasteiger partial charge in [0.1, 0.15) is 0 Å². The SMILES string of the molecule is CC(=O)NC1CCN(S(=O)(=O)c2cccc(CN)c2)C1. The van der Waals surface area contributed by atoms with Crippen molar-refractivity contribution in [3.8, 4) is 0 Å². The maximum atomic E-state index is 12.5. The summed E-state index contributed by atoms with van der Waals surface area (Å²) in [6.45, 7) is 2.47. The molecule has 110 valence electrons. The van der Waals surface area contributed by atoms with Crippen LogP contribution in [-0.2, 0) is 21.4 Å². The number of hydrogen-bond acceptors (Lipinski definition) is 4. The van der Waals surface area contributed by atoms with Crippen LogP contribution in [0.25, 0.3) is 0 Å². The van der Waals surface area contributed by atoms with E-state index in [2.05, 4.69) is 5.32 Å². The van der Waals surface area contributed by atoms with Crippen LogP contribution in [0.4, 0.5) is 0 Å². The molecule has 2 rings (SSSR count). The van der Waals surface area contributed by atoms with Gasteiger partial charge in [-0.1, -0.05) is 12.1 Å². The molecular formula is C13H19N3O3S. The predicted molar refractivity (Wildman–Crippen MR) is 75.3 cm³/mol. The third-order valence-corrected chi connectivity index (χ3v) is 5.19. The molecule has 1 atom stereocenters. The Bertz CT molecular complexity index is 601. The molecule has 1 aromatic carbocycles. The maximum absolute atomic E-state index is 12.5. The number of nitrogens with one attached hydrogen (secondary N) is 1. The second kappa shape index (κ2) is 5.90. The van der Waals surface area contributed by atoms with Crippen molar-refractivity contribution >= 4 is 15.9 Å². The van der Waals surface area contributed by atoms with E-state index in [0.717, 1.165) is 5.56 Å². The van der Waals surface area contributed by atoms with Crippen molar-refractivity contribution in [2.75, 3.05) is 13.1 Å². The lowest BCUT2D eigenvalue weighted by molar-refractivity contribution is -0.119. The molecule has 1 aromatic rings. The van der Waals surface area contributed by atoms with Crippen molar-refractivity contribution in [3.05, 3.63) is 29.8 Å². The summed E-state index contributed by atoms with van der Waals surface area (Å²) in [7, 11) is -3.51. The second-order valence-electron chi connectivity index (χ2n) is 4.90. The van der Waals surface area contributed by atoms with E-state index in [-0.39, 0.29) is 16.8 Å². The Morgan fingerprint density at radius 3 is 2.90 bits per heavy atom. The summed E-state index contributed by atoms with van der Waals surface area (Å²) in [6.07, 6.45) is 0.634. The Morgan fingerprint density at radius 2 is 2.25 bits per heavy atom. The highest BCUT2D eigenvalue weighted by Gasteiger charge is 2.32. The summed E-state index contributed by atoms with van der Waals surface area (Å²) in [4.78, 5) is 11.3. The van der Waals surface area contributed by atoms with Gasteiger partial charge in [-0.3, -0.25) is 4.79 Å². The van der Waals surface area contributed by atoms with E-state index in [0.29, 0.717) is 26.1 Å². The van der Waals surface area contributed by atoms with Crippen LogP contribution >= 0.6 is 0 Å². The van der Waals surface area contributed by atoms with Crippen molar-refractivity contribution in [3.63, 3.8) is 0 Å². The molecule has 3 N–H and O–H groups in total. The first kappa shape index (κ1) is 15.0. The van der Waals surface area contributed by atoms with Gasteiger partial charge in [0.05, 0.1) is 4.90 Å². The number of nitrogens with zero attached hydrogens (tertiary/aromatic N) is 1. The number of nitrogens with two attached hydrogens (primary N) is 1. The van der Waals surface area contributed by atoms with E-state index in [1.165, 1.54) is 11.2 Å². The van der Waals surface area contributed by atoms with Crippen LogP contribution in [0, 0.1) is 0 Å². The summed E-state index contributed by atoms with van der Waals surface area (Å²) in [5.41, 5.74) is 6.32. The molecule has 0 saturated carbocycles. The van der Waals surface area contributed by atoms with Crippen LogP contribution < -0.4 is 11.1 Å². The van der Waals surface area contributed by atoms with Gasteiger partial charge in [-0.2, -0.15) is 4.31 Å². The first-order valence-corrected chi connectivity index (χ1v) is 7.94. The lowest BCUT2D eigenvalue weighted by Crippen LogP contribution is -2.37. The molecule has 0 spiro atoms. The second-order valence-corrected chi connectivity index (χ2v) is 6.84. The Balaban J connectivity index is 2.17. The number of carbonyl (C=O) groups is 1. The summed E-state index contributed by atoms with van der Waals surface area (Å²) in [5, 5.41) is 2.75. The Kier molecular flexibility index (Phi) is 4.42. The molecule has 1 saturated heterocycles. The van der Waals surface area contributed by atoms with Crippen LogP contribution in [0.1, 0.15) is 18.9 Å². The molecule has 0 radical (unpaired) electrons. The molecule has 20 heavy (non-hydrogen) atoms. The van der Waals surface area contributed by atoms with Gasteiger partial charge in [0.25, 0.3) is 0 Å². The normalized spacial score (nSPS) is 20.0. The van der Waals surface area contributed by atoms with Gasteiger partial charge in [-0.05, 0) is 24.1 Å². The van der Waals surface area contributed by atoms with Gasteiger partial charge >= 0.3 is 0 Å². The van der Waals surface area contributed by atoms with Crippen molar-refractivity contribution < 1.29 is 13.2 Å². The lowest BCUT2D eigenvalue weighted by Gasteiger charge is -2.17. The smallest absolute Gasteiger partial charge is 0.243 e. The Hall–Kier alpha value is -1.44. The standard InChI is InChI=1S/C13H19N3O3S/c1-10(17)15-12-5-6-16(9-12)20(18,19)13-4-2-3-11(7-13)8-14/h2-4,7,12H,5-6,8-9,14H2,1H3,(H,15,17). The van der Waals surface area contributed by atoms with Crippen molar-refractivity contribution in [1.82, 2.24) is 9.62 Å². The van der Waals surface area contributed by atoms with E-state index in [9.17, 15) is 13.2 Å². The Labute approximate surface area is 119 Å². The molecule has 0 aliphatic carbocycles. The topological polar surface area (TPSA) is 92.5 Å². The minimum atomic E-state index is -3.51. The van der Waals surface area contributed by atoms with Crippen LogP contribution in [0.15, 0.2) is 29.2 Å². The summed E-state index contributed by atoms with van der Waals surface area (Å²) in [5.74, 6) is -0.139. The number of hydrogen-bond donors (Lipinski definition) is 2. The molecule has 0 aromatic heterocycles. The number of sulfonamides is 1. The van der Waals surface area contributed by atoms with Crippen LogP contribution in [0.5, 0.6) is 0 Å². The fraction of sp³-hybridized carbons (Fsp3) is 0.462. The zero-order valence-corrected chi connectivity index (χ0v) is 12.2. The van der Waals surface area contributed by atoms with E-state index in [4.69, 9.17) is 5.73 Å². The van der Waals surface area contributed by atoms with Gasteiger partial charge in [-0.25, -0.2) is 8.42 Å². The highest BCUT2D eigenvalue weighted by Crippen LogP contribution is 2.21. The lowest BCUT2D eigenvalue weighted by atomic mass is 10.2. The van der Waals surface area contributed by atoms with Gasteiger partial charge in [-0.15, -0.1) is 0 Å². The highest BCUT2D eigenvalue weighted by molar-refractivity contribution is 7.89. The number of carbonyl (C=O) groups excluding carboxylic acids is 1. The van der Waals surface area contributed by atoms with E-state index >= 15 is 0 Å². The van der Waals surface area contributed by atoms with E-state index in [1.807, 2.05) is 0 Å². The van der Waals surface area contributed by atoms with E-state index in [1.54, 1.807) is 24.3 Å². The minimum absolute atomic E-state index is 0.111. The van der Waals surface area contributed by atoms with Crippen molar-refractivity contribution in [2.24, 2.45) is 5.73 Å². The first-order valence-electron chi connectivity index (χ1n) is 6.49. The first-order chi connectivity index (χ1) is 9.43. The highest BCUT2D eigenvalue weighted by atomic mass is 32.2. The quantitative estimate of drug-likeness (QED) is 0.821. The van der Waals surface area contributed by atoms with Gasteiger partial charge < -0.3 is 11.1 Å². The fourth-order valence-corrected chi connectivity index (χ4v) is 3.90. The predicted octanol–water partition coefficient (Wildman–Crippen LogP) is 0.0444. The van der Waals surface area contributed by atoms with Gasteiger partial charge in [0.15, 0.2) is 0 Å². The third-order valence-electron chi connectivity index (χ3n) is 3.33. The summed E-state index contributed by atoms with van der Waals surface area (Å²) < 4.78 is 26.4. The maximum Gasteiger partial charge on any atom is 0.243 e. The third kappa shape index (κ3) is 3.17. The molecule has 6 nitrogen and oxygen atoms in total. The summed E-state index contributed by atoms with van der Waals surface area (Å²) in [6, 6.07) is 6.54. The van der Waals surface area contributed by atoms with E-state index < -0.39 is 10.0 Å². The average Bonchev–Trinajstić information content (AvgIpc) is 2.87. The number of benzene rings is 1. The van der Waals surface area contributed by atoms with Crippen molar-refractivity contribution in [2.45, 2.75) is 30.8 Å². The molecule has 0 bridgehead atoms. The molecule has 1 aliphatic rings. The van der Waals surface area contributed by atoms with Crippen LogP contribution in [0.2, 0.25) is 0 Å². The average molecular weight is 297 g/mol. The zero-order valence-electron chi connectivity index (χ0n) is 11.4. The zero-order chi connectivity index (χ0) is 14.8. The molecule has 1 fully saturated rings. The summed E-state index contributed by atoms with van der Waals surface area (Å²) >= 11 is 0. The fourth-order valence-electron chi connectivity index (χ4n) is 2.33. The molecule has 1 aliphatic heterocycles. The molecule has 1 amide bonds. The number of rotatable bonds is 4.